The number of aryl methyl sites for hydroxylation is 1. The van der Waals surface area contributed by atoms with Crippen LogP contribution in [0.2, 0.25) is 0 Å². The first-order valence-corrected chi connectivity index (χ1v) is 11.0. The van der Waals surface area contributed by atoms with E-state index in [-0.39, 0.29) is 11.9 Å². The highest BCUT2D eigenvalue weighted by Crippen LogP contribution is 2.27. The highest BCUT2D eigenvalue weighted by Gasteiger charge is 2.26. The zero-order valence-electron chi connectivity index (χ0n) is 19.0. The molecule has 1 atom stereocenters. The zero-order valence-corrected chi connectivity index (χ0v) is 19.0. The molecule has 2 amide bonds. The van der Waals surface area contributed by atoms with E-state index in [4.69, 9.17) is 5.73 Å². The van der Waals surface area contributed by atoms with Crippen molar-refractivity contribution in [2.45, 2.75) is 47.0 Å². The van der Waals surface area contributed by atoms with Gasteiger partial charge in [-0.05, 0) is 50.2 Å². The number of amidine groups is 1. The van der Waals surface area contributed by atoms with Crippen molar-refractivity contribution in [3.8, 4) is 5.69 Å². The van der Waals surface area contributed by atoms with E-state index in [2.05, 4.69) is 32.3 Å². The lowest BCUT2D eigenvalue weighted by Crippen LogP contribution is -2.39. The summed E-state index contributed by atoms with van der Waals surface area (Å²) in [7, 11) is 0. The summed E-state index contributed by atoms with van der Waals surface area (Å²) in [6.45, 7) is 10.5. The number of nitrogens with zero attached hydrogens (tertiary/aromatic N) is 6. The summed E-state index contributed by atoms with van der Waals surface area (Å²) in [6, 6.07) is 3.78. The van der Waals surface area contributed by atoms with Gasteiger partial charge in [0.25, 0.3) is 0 Å². The van der Waals surface area contributed by atoms with Crippen LogP contribution in [0, 0.1) is 24.7 Å². The maximum absolute atomic E-state index is 12.3. The summed E-state index contributed by atoms with van der Waals surface area (Å²) in [6.07, 6.45) is 6.26. The number of piperidine rings is 1. The van der Waals surface area contributed by atoms with Crippen molar-refractivity contribution in [3.05, 3.63) is 30.5 Å². The molecule has 3 N–H and O–H groups in total. The number of hydrogen-bond donors (Lipinski definition) is 2. The first-order chi connectivity index (χ1) is 14.8. The van der Waals surface area contributed by atoms with Crippen molar-refractivity contribution < 1.29 is 4.79 Å². The van der Waals surface area contributed by atoms with Gasteiger partial charge in [0.05, 0.1) is 11.4 Å². The molecule has 0 saturated carbocycles. The molecule has 3 rings (SSSR count). The number of rotatable bonds is 7. The molecule has 0 bridgehead atoms. The summed E-state index contributed by atoms with van der Waals surface area (Å²) >= 11 is 0. The number of aliphatic imine (C=N–C) groups is 1. The zero-order chi connectivity index (χ0) is 22.4. The van der Waals surface area contributed by atoms with E-state index in [0.717, 1.165) is 56.1 Å². The lowest BCUT2D eigenvalue weighted by atomic mass is 9.83. The Bertz CT molecular complexity index is 885. The second-order valence-corrected chi connectivity index (χ2v) is 8.63. The molecule has 1 saturated heterocycles. The number of anilines is 1. The fraction of sp³-hybridized carbons (Fsp3) is 0.591. The van der Waals surface area contributed by atoms with Gasteiger partial charge in [-0.3, -0.25) is 0 Å². The van der Waals surface area contributed by atoms with Gasteiger partial charge in [0.1, 0.15) is 24.3 Å². The van der Waals surface area contributed by atoms with Crippen LogP contribution in [0.5, 0.6) is 0 Å². The van der Waals surface area contributed by atoms with Crippen molar-refractivity contribution in [2.24, 2.45) is 28.5 Å². The molecule has 3 heterocycles. The van der Waals surface area contributed by atoms with Gasteiger partial charge in [0.15, 0.2) is 0 Å². The lowest BCUT2D eigenvalue weighted by molar-refractivity contribution is 0.158. The van der Waals surface area contributed by atoms with Crippen molar-refractivity contribution in [1.29, 1.82) is 0 Å². The van der Waals surface area contributed by atoms with Crippen LogP contribution in [0.1, 0.15) is 45.7 Å². The van der Waals surface area contributed by atoms with Crippen LogP contribution in [0.15, 0.2) is 29.8 Å². The summed E-state index contributed by atoms with van der Waals surface area (Å²) in [5, 5.41) is 7.59. The van der Waals surface area contributed by atoms with E-state index in [0.29, 0.717) is 17.7 Å². The van der Waals surface area contributed by atoms with Gasteiger partial charge >= 0.3 is 6.03 Å². The van der Waals surface area contributed by atoms with Crippen LogP contribution in [-0.4, -0.2) is 56.1 Å². The van der Waals surface area contributed by atoms with Crippen molar-refractivity contribution in [3.63, 3.8) is 0 Å². The smallest absolute Gasteiger partial charge is 0.345 e. The number of carbonyl (C=O) groups is 1. The van der Waals surface area contributed by atoms with Gasteiger partial charge < -0.3 is 16.0 Å². The van der Waals surface area contributed by atoms with Crippen LogP contribution < -0.4 is 11.1 Å². The second-order valence-electron chi connectivity index (χ2n) is 8.63. The van der Waals surface area contributed by atoms with E-state index in [1.807, 2.05) is 37.8 Å². The third-order valence-electron chi connectivity index (χ3n) is 6.06. The van der Waals surface area contributed by atoms with Gasteiger partial charge in [-0.2, -0.15) is 10.1 Å². The van der Waals surface area contributed by atoms with Crippen LogP contribution in [0.3, 0.4) is 0 Å². The van der Waals surface area contributed by atoms with Gasteiger partial charge in [0.2, 0.25) is 0 Å². The quantitative estimate of drug-likeness (QED) is 0.519. The molecule has 31 heavy (non-hydrogen) atoms. The van der Waals surface area contributed by atoms with Gasteiger partial charge in [-0.1, -0.05) is 20.8 Å². The third kappa shape index (κ3) is 6.02. The van der Waals surface area contributed by atoms with Gasteiger partial charge in [0, 0.05) is 25.6 Å². The Morgan fingerprint density at radius 3 is 2.65 bits per heavy atom. The van der Waals surface area contributed by atoms with Gasteiger partial charge in [-0.25, -0.2) is 19.4 Å². The standard InChI is InChI=1S/C22H34N8O/c1-15(2)21(23)28-22(31)29-11-8-18(9-12-29)16(3)7-10-25-20-6-5-19(17(4)27-20)30-14-24-13-26-30/h5-6,13-16,18H,7-12H2,1-4H3,(H,25,27)(H2,23,28,31)/t16-/m1/s1. The first kappa shape index (κ1) is 22.7. The Balaban J connectivity index is 1.43. The Hall–Kier alpha value is -2.97. The molecule has 0 spiro atoms. The molecular weight excluding hydrogens is 392 g/mol. The molecular formula is C22H34N8O. The summed E-state index contributed by atoms with van der Waals surface area (Å²) in [5.41, 5.74) is 7.66. The first-order valence-electron chi connectivity index (χ1n) is 11.0. The minimum atomic E-state index is -0.199. The van der Waals surface area contributed by atoms with E-state index < -0.39 is 0 Å². The Labute approximate surface area is 184 Å². The van der Waals surface area contributed by atoms with Crippen LogP contribution >= 0.6 is 0 Å². The highest BCUT2D eigenvalue weighted by molar-refractivity contribution is 5.93. The highest BCUT2D eigenvalue weighted by atomic mass is 16.2. The SMILES string of the molecule is Cc1nc(NCC[C@@H](C)C2CCN(C(=O)N=C(N)C(C)C)CC2)ccc1-n1cncn1. The summed E-state index contributed by atoms with van der Waals surface area (Å²) in [5.74, 6) is 2.55. The number of aromatic nitrogens is 4. The van der Waals surface area contributed by atoms with Crippen LogP contribution in [0.4, 0.5) is 10.6 Å². The Morgan fingerprint density at radius 2 is 2.03 bits per heavy atom. The van der Waals surface area contributed by atoms with Crippen molar-refractivity contribution >= 4 is 17.7 Å². The van der Waals surface area contributed by atoms with Crippen molar-refractivity contribution in [2.75, 3.05) is 25.0 Å². The maximum atomic E-state index is 12.3. The molecule has 0 radical (unpaired) electrons. The van der Waals surface area contributed by atoms with Gasteiger partial charge in [-0.15, -0.1) is 0 Å². The van der Waals surface area contributed by atoms with E-state index in [1.54, 1.807) is 11.0 Å². The normalized spacial score (nSPS) is 16.5. The Kier molecular flexibility index (Phi) is 7.59. The molecule has 0 aliphatic carbocycles. The predicted octanol–water partition coefficient (Wildman–Crippen LogP) is 3.25. The van der Waals surface area contributed by atoms with Crippen LogP contribution in [-0.2, 0) is 0 Å². The van der Waals surface area contributed by atoms with Crippen molar-refractivity contribution in [1.82, 2.24) is 24.6 Å². The minimum Gasteiger partial charge on any atom is -0.387 e. The molecule has 0 aromatic carbocycles. The monoisotopic (exact) mass is 426 g/mol. The lowest BCUT2D eigenvalue weighted by Gasteiger charge is -2.34. The molecule has 2 aromatic heterocycles. The fourth-order valence-corrected chi connectivity index (χ4v) is 3.86. The third-order valence-corrected chi connectivity index (χ3v) is 6.06. The van der Waals surface area contributed by atoms with E-state index >= 15 is 0 Å². The molecule has 2 aromatic rings. The number of urea groups is 1. The molecule has 9 heteroatoms. The minimum absolute atomic E-state index is 0.0889. The number of nitrogens with two attached hydrogens (primary N) is 1. The maximum Gasteiger partial charge on any atom is 0.345 e. The average molecular weight is 427 g/mol. The predicted molar refractivity (Wildman–Crippen MR) is 122 cm³/mol. The number of nitrogens with one attached hydrogen (secondary N) is 1. The Morgan fingerprint density at radius 1 is 1.29 bits per heavy atom. The van der Waals surface area contributed by atoms with E-state index in [1.165, 1.54) is 6.33 Å². The fourth-order valence-electron chi connectivity index (χ4n) is 3.86. The molecule has 9 nitrogen and oxygen atoms in total. The van der Waals surface area contributed by atoms with Crippen LogP contribution in [0.25, 0.3) is 5.69 Å². The molecule has 1 fully saturated rings. The second kappa shape index (κ2) is 10.4. The number of amides is 2. The summed E-state index contributed by atoms with van der Waals surface area (Å²) < 4.78 is 1.72. The molecule has 1 aliphatic rings. The van der Waals surface area contributed by atoms with E-state index in [9.17, 15) is 4.79 Å². The molecule has 168 valence electrons. The number of carbonyl (C=O) groups excluding carboxylic acids is 1. The molecule has 1 aliphatic heterocycles. The number of likely N-dealkylation sites (tertiary alicyclic amines) is 1. The average Bonchev–Trinajstić information content (AvgIpc) is 3.28. The number of pyridine rings is 1. The molecule has 0 unspecified atom stereocenters. The number of hydrogen-bond acceptors (Lipinski definition) is 5. The summed E-state index contributed by atoms with van der Waals surface area (Å²) in [4.78, 5) is 26.8. The topological polar surface area (TPSA) is 114 Å². The largest absolute Gasteiger partial charge is 0.387 e.